The molecule has 3 N–H and O–H groups in total. The summed E-state index contributed by atoms with van der Waals surface area (Å²) in [6.07, 6.45) is 1.98. The first kappa shape index (κ1) is 16.0. The van der Waals surface area contributed by atoms with Gasteiger partial charge in [0.2, 0.25) is 5.91 Å². The van der Waals surface area contributed by atoms with Crippen LogP contribution < -0.4 is 5.32 Å². The number of aliphatic hydroxyl groups is 1. The molecule has 19 heavy (non-hydrogen) atoms. The summed E-state index contributed by atoms with van der Waals surface area (Å²) in [4.78, 5) is 23.0. The molecule has 1 fully saturated rings. The third kappa shape index (κ3) is 5.19. The maximum absolute atomic E-state index is 11.9. The number of amides is 1. The van der Waals surface area contributed by atoms with Gasteiger partial charge < -0.3 is 15.5 Å². The van der Waals surface area contributed by atoms with E-state index in [1.165, 1.54) is 0 Å². The van der Waals surface area contributed by atoms with Crippen molar-refractivity contribution in [3.05, 3.63) is 0 Å². The fourth-order valence-corrected chi connectivity index (χ4v) is 2.70. The minimum atomic E-state index is -0.895. The lowest BCUT2D eigenvalue weighted by Gasteiger charge is -2.23. The van der Waals surface area contributed by atoms with Gasteiger partial charge in [-0.2, -0.15) is 0 Å². The zero-order chi connectivity index (χ0) is 14.6. The first-order valence-electron chi connectivity index (χ1n) is 6.89. The quantitative estimate of drug-likeness (QED) is 0.705. The van der Waals surface area contributed by atoms with E-state index in [4.69, 9.17) is 5.11 Å². The van der Waals surface area contributed by atoms with Crippen LogP contribution in [0.4, 0.5) is 0 Å². The van der Waals surface area contributed by atoms with Crippen LogP contribution in [0.5, 0.6) is 0 Å². The summed E-state index contributed by atoms with van der Waals surface area (Å²) in [5, 5.41) is 21.5. The van der Waals surface area contributed by atoms with Crippen LogP contribution in [0.25, 0.3) is 0 Å². The van der Waals surface area contributed by atoms with Crippen molar-refractivity contribution in [2.24, 2.45) is 17.3 Å². The van der Waals surface area contributed by atoms with Crippen molar-refractivity contribution in [1.82, 2.24) is 5.32 Å². The predicted molar refractivity (Wildman–Crippen MR) is 71.6 cm³/mol. The summed E-state index contributed by atoms with van der Waals surface area (Å²) in [6.45, 7) is 6.26. The van der Waals surface area contributed by atoms with E-state index in [9.17, 15) is 14.7 Å². The summed E-state index contributed by atoms with van der Waals surface area (Å²) < 4.78 is 0. The first-order chi connectivity index (χ1) is 8.70. The molecule has 0 spiro atoms. The molecule has 3 atom stereocenters. The second kappa shape index (κ2) is 6.37. The standard InChI is InChI=1S/C14H25NO4/c1-14(2,3)7-9(16)8-15-12(17)10-5-4-6-11(10)13(18)19/h9-11,16H,4-8H2,1-3H3,(H,15,17)(H,18,19). The Kier molecular flexibility index (Phi) is 5.35. The van der Waals surface area contributed by atoms with E-state index >= 15 is 0 Å². The van der Waals surface area contributed by atoms with Crippen molar-refractivity contribution in [3.8, 4) is 0 Å². The Labute approximate surface area is 114 Å². The molecule has 1 saturated carbocycles. The summed E-state index contributed by atoms with van der Waals surface area (Å²) in [7, 11) is 0. The molecule has 0 aliphatic heterocycles. The number of aliphatic hydroxyl groups excluding tert-OH is 1. The normalized spacial score (nSPS) is 25.1. The van der Waals surface area contributed by atoms with Crippen LogP contribution in [0.2, 0.25) is 0 Å². The van der Waals surface area contributed by atoms with Crippen LogP contribution in [0.15, 0.2) is 0 Å². The van der Waals surface area contributed by atoms with Crippen LogP contribution in [0.1, 0.15) is 46.5 Å². The lowest BCUT2D eigenvalue weighted by molar-refractivity contribution is -0.146. The summed E-state index contributed by atoms with van der Waals surface area (Å²) in [6, 6.07) is 0. The average molecular weight is 271 g/mol. The molecule has 0 bridgehead atoms. The second-order valence-corrected chi connectivity index (χ2v) is 6.65. The number of aliphatic carboxylic acids is 1. The van der Waals surface area contributed by atoms with Gasteiger partial charge in [-0.3, -0.25) is 9.59 Å². The highest BCUT2D eigenvalue weighted by molar-refractivity contribution is 5.85. The largest absolute Gasteiger partial charge is 0.481 e. The third-order valence-electron chi connectivity index (χ3n) is 3.53. The minimum absolute atomic E-state index is 0.00109. The molecule has 5 nitrogen and oxygen atoms in total. The fourth-order valence-electron chi connectivity index (χ4n) is 2.70. The Morgan fingerprint density at radius 3 is 2.37 bits per heavy atom. The first-order valence-corrected chi connectivity index (χ1v) is 6.89. The molecule has 1 amide bonds. The molecular formula is C14H25NO4. The lowest BCUT2D eigenvalue weighted by atomic mass is 9.89. The summed E-state index contributed by atoms with van der Waals surface area (Å²) in [5.74, 6) is -2.15. The highest BCUT2D eigenvalue weighted by Crippen LogP contribution is 2.32. The number of carboxylic acid groups (broad SMARTS) is 1. The number of nitrogens with one attached hydrogen (secondary N) is 1. The van der Waals surface area contributed by atoms with E-state index in [1.807, 2.05) is 20.8 Å². The number of rotatable bonds is 5. The zero-order valence-electron chi connectivity index (χ0n) is 12.0. The maximum atomic E-state index is 11.9. The zero-order valence-corrected chi connectivity index (χ0v) is 12.0. The van der Waals surface area contributed by atoms with Crippen molar-refractivity contribution in [2.75, 3.05) is 6.54 Å². The number of carbonyl (C=O) groups is 2. The highest BCUT2D eigenvalue weighted by Gasteiger charge is 2.37. The molecule has 0 aromatic heterocycles. The SMILES string of the molecule is CC(C)(C)CC(O)CNC(=O)C1CCCC1C(=O)O. The lowest BCUT2D eigenvalue weighted by Crippen LogP contribution is -2.40. The van der Waals surface area contributed by atoms with Crippen molar-refractivity contribution >= 4 is 11.9 Å². The summed E-state index contributed by atoms with van der Waals surface area (Å²) in [5.41, 5.74) is 0.00109. The van der Waals surface area contributed by atoms with Crippen LogP contribution in [-0.2, 0) is 9.59 Å². The van der Waals surface area contributed by atoms with Gasteiger partial charge in [0.1, 0.15) is 0 Å². The molecule has 3 unspecified atom stereocenters. The average Bonchev–Trinajstić information content (AvgIpc) is 2.72. The number of carboxylic acids is 1. The van der Waals surface area contributed by atoms with Crippen molar-refractivity contribution < 1.29 is 19.8 Å². The van der Waals surface area contributed by atoms with Gasteiger partial charge in [-0.05, 0) is 24.7 Å². The van der Waals surface area contributed by atoms with E-state index in [1.54, 1.807) is 0 Å². The van der Waals surface area contributed by atoms with Crippen LogP contribution in [0.3, 0.4) is 0 Å². The minimum Gasteiger partial charge on any atom is -0.481 e. The van der Waals surface area contributed by atoms with Gasteiger partial charge in [-0.1, -0.05) is 27.2 Å². The van der Waals surface area contributed by atoms with Crippen LogP contribution >= 0.6 is 0 Å². The van der Waals surface area contributed by atoms with Gasteiger partial charge in [0, 0.05) is 6.54 Å². The highest BCUT2D eigenvalue weighted by atomic mass is 16.4. The van der Waals surface area contributed by atoms with Gasteiger partial charge in [0.05, 0.1) is 17.9 Å². The fraction of sp³-hybridized carbons (Fsp3) is 0.857. The Bertz CT molecular complexity index is 335. The molecule has 110 valence electrons. The van der Waals surface area contributed by atoms with Crippen LogP contribution in [-0.4, -0.2) is 34.7 Å². The molecule has 5 heteroatoms. The molecule has 0 aromatic carbocycles. The van der Waals surface area contributed by atoms with E-state index in [-0.39, 0.29) is 17.9 Å². The number of hydrogen-bond donors (Lipinski definition) is 3. The predicted octanol–water partition coefficient (Wildman–Crippen LogP) is 1.40. The van der Waals surface area contributed by atoms with Gasteiger partial charge >= 0.3 is 5.97 Å². The van der Waals surface area contributed by atoms with Crippen molar-refractivity contribution in [2.45, 2.75) is 52.6 Å². The van der Waals surface area contributed by atoms with Crippen LogP contribution in [0, 0.1) is 17.3 Å². The molecule has 0 heterocycles. The molecule has 1 aliphatic rings. The molecule has 1 rings (SSSR count). The molecule has 0 saturated heterocycles. The Balaban J connectivity index is 2.41. The molecule has 0 radical (unpaired) electrons. The van der Waals surface area contributed by atoms with E-state index in [2.05, 4.69) is 5.32 Å². The van der Waals surface area contributed by atoms with Crippen molar-refractivity contribution in [1.29, 1.82) is 0 Å². The molecular weight excluding hydrogens is 246 g/mol. The van der Waals surface area contributed by atoms with Gasteiger partial charge in [-0.15, -0.1) is 0 Å². The second-order valence-electron chi connectivity index (χ2n) is 6.65. The van der Waals surface area contributed by atoms with E-state index < -0.39 is 23.9 Å². The van der Waals surface area contributed by atoms with E-state index in [0.29, 0.717) is 19.3 Å². The van der Waals surface area contributed by atoms with Gasteiger partial charge in [-0.25, -0.2) is 0 Å². The Morgan fingerprint density at radius 1 is 1.26 bits per heavy atom. The van der Waals surface area contributed by atoms with Crippen molar-refractivity contribution in [3.63, 3.8) is 0 Å². The smallest absolute Gasteiger partial charge is 0.307 e. The monoisotopic (exact) mass is 271 g/mol. The van der Waals surface area contributed by atoms with E-state index in [0.717, 1.165) is 6.42 Å². The molecule has 1 aliphatic carbocycles. The molecule has 0 aromatic rings. The topological polar surface area (TPSA) is 86.6 Å². The Hall–Kier alpha value is -1.10. The van der Waals surface area contributed by atoms with Gasteiger partial charge in [0.15, 0.2) is 0 Å². The van der Waals surface area contributed by atoms with Gasteiger partial charge in [0.25, 0.3) is 0 Å². The Morgan fingerprint density at radius 2 is 1.84 bits per heavy atom. The summed E-state index contributed by atoms with van der Waals surface area (Å²) >= 11 is 0. The number of carbonyl (C=O) groups excluding carboxylic acids is 1. The number of hydrogen-bond acceptors (Lipinski definition) is 3. The maximum Gasteiger partial charge on any atom is 0.307 e. The third-order valence-corrected chi connectivity index (χ3v) is 3.53.